The van der Waals surface area contributed by atoms with Crippen molar-refractivity contribution < 1.29 is 19.0 Å². The third kappa shape index (κ3) is 4.54. The molecule has 1 heterocycles. The molecule has 0 unspecified atom stereocenters. The molecule has 1 N–H and O–H groups in total. The van der Waals surface area contributed by atoms with Crippen LogP contribution in [0.4, 0.5) is 0 Å². The van der Waals surface area contributed by atoms with E-state index < -0.39 is 6.10 Å². The van der Waals surface area contributed by atoms with Crippen LogP contribution in [0.15, 0.2) is 48.5 Å². The molecule has 144 valence electrons. The summed E-state index contributed by atoms with van der Waals surface area (Å²) in [6.07, 6.45) is 0.720. The number of nitrogens with one attached hydrogen (secondary N) is 1. The summed E-state index contributed by atoms with van der Waals surface area (Å²) in [7, 11) is 1.62. The second-order valence-corrected chi connectivity index (χ2v) is 7.36. The molecule has 0 saturated carbocycles. The van der Waals surface area contributed by atoms with Crippen molar-refractivity contribution in [3.8, 4) is 17.2 Å². The number of amides is 1. The summed E-state index contributed by atoms with van der Waals surface area (Å²) in [5.74, 6) is 2.10. The normalized spacial score (nSPS) is 18.6. The number of hydrogen-bond acceptors (Lipinski definition) is 4. The lowest BCUT2D eigenvalue weighted by Gasteiger charge is -2.38. The fourth-order valence-electron chi connectivity index (χ4n) is 3.34. The minimum atomic E-state index is -0.559. The van der Waals surface area contributed by atoms with Gasteiger partial charge in [0.25, 0.3) is 5.91 Å². The highest BCUT2D eigenvalue weighted by Gasteiger charge is 2.35. The van der Waals surface area contributed by atoms with Gasteiger partial charge in [-0.05, 0) is 50.6 Å². The van der Waals surface area contributed by atoms with Gasteiger partial charge in [0.15, 0.2) is 6.10 Å². The molecule has 0 radical (unpaired) electrons. The Balaban J connectivity index is 1.72. The zero-order chi connectivity index (χ0) is 19.4. The Morgan fingerprint density at radius 2 is 1.85 bits per heavy atom. The first-order valence-electron chi connectivity index (χ1n) is 9.31. The number of carbonyl (C=O) groups is 1. The van der Waals surface area contributed by atoms with Gasteiger partial charge in [-0.1, -0.05) is 25.1 Å². The third-order valence-electron chi connectivity index (χ3n) is 4.69. The van der Waals surface area contributed by atoms with Crippen LogP contribution in [0.1, 0.15) is 45.2 Å². The molecule has 1 amide bonds. The predicted octanol–water partition coefficient (Wildman–Crippen LogP) is 4.27. The van der Waals surface area contributed by atoms with Crippen LogP contribution in [0.25, 0.3) is 0 Å². The van der Waals surface area contributed by atoms with Crippen LogP contribution in [0.3, 0.4) is 0 Å². The largest absolute Gasteiger partial charge is 0.497 e. The van der Waals surface area contributed by atoms with E-state index in [1.807, 2.05) is 69.3 Å². The Kier molecular flexibility index (Phi) is 5.59. The first kappa shape index (κ1) is 19.1. The van der Waals surface area contributed by atoms with E-state index in [0.717, 1.165) is 17.1 Å². The summed E-state index contributed by atoms with van der Waals surface area (Å²) in [5, 5.41) is 3.16. The SMILES string of the molecule is CC[C@H](Oc1ccc(OC)cc1)C(=O)N[C@H]1CC(C)(C)Oc2ccccc21. The summed E-state index contributed by atoms with van der Waals surface area (Å²) >= 11 is 0. The molecule has 1 aliphatic heterocycles. The average molecular weight is 369 g/mol. The summed E-state index contributed by atoms with van der Waals surface area (Å²) in [5.41, 5.74) is 0.662. The van der Waals surface area contributed by atoms with Crippen molar-refractivity contribution in [1.82, 2.24) is 5.32 Å². The summed E-state index contributed by atoms with van der Waals surface area (Å²) < 4.78 is 17.1. The number of ether oxygens (including phenoxy) is 3. The molecule has 27 heavy (non-hydrogen) atoms. The Labute approximate surface area is 160 Å². The number of carbonyl (C=O) groups excluding carboxylic acids is 1. The smallest absolute Gasteiger partial charge is 0.261 e. The highest BCUT2D eigenvalue weighted by molar-refractivity contribution is 5.81. The van der Waals surface area contributed by atoms with Crippen molar-refractivity contribution in [2.75, 3.05) is 7.11 Å². The van der Waals surface area contributed by atoms with Crippen LogP contribution in [0, 0.1) is 0 Å². The maximum Gasteiger partial charge on any atom is 0.261 e. The number of para-hydroxylation sites is 1. The van der Waals surface area contributed by atoms with Crippen LogP contribution in [-0.2, 0) is 4.79 Å². The maximum absolute atomic E-state index is 12.9. The zero-order valence-electron chi connectivity index (χ0n) is 16.3. The molecule has 3 rings (SSSR count). The van der Waals surface area contributed by atoms with Crippen molar-refractivity contribution in [3.05, 3.63) is 54.1 Å². The van der Waals surface area contributed by atoms with Crippen molar-refractivity contribution in [1.29, 1.82) is 0 Å². The van der Waals surface area contributed by atoms with Crippen LogP contribution >= 0.6 is 0 Å². The molecular formula is C22H27NO4. The van der Waals surface area contributed by atoms with Crippen molar-refractivity contribution >= 4 is 5.91 Å². The van der Waals surface area contributed by atoms with Crippen molar-refractivity contribution in [3.63, 3.8) is 0 Å². The Hall–Kier alpha value is -2.69. The lowest BCUT2D eigenvalue weighted by atomic mass is 9.89. The van der Waals surface area contributed by atoms with Gasteiger partial charge in [0, 0.05) is 12.0 Å². The van der Waals surface area contributed by atoms with Gasteiger partial charge in [-0.15, -0.1) is 0 Å². The van der Waals surface area contributed by atoms with Gasteiger partial charge in [0.2, 0.25) is 0 Å². The van der Waals surface area contributed by atoms with Crippen LogP contribution in [0.2, 0.25) is 0 Å². The molecule has 0 aromatic heterocycles. The molecule has 5 nitrogen and oxygen atoms in total. The van der Waals surface area contributed by atoms with E-state index in [0.29, 0.717) is 18.6 Å². The Morgan fingerprint density at radius 3 is 2.52 bits per heavy atom. The number of rotatable bonds is 6. The molecule has 0 saturated heterocycles. The molecule has 0 aliphatic carbocycles. The number of methoxy groups -OCH3 is 1. The Morgan fingerprint density at radius 1 is 1.19 bits per heavy atom. The molecule has 1 aliphatic rings. The van der Waals surface area contributed by atoms with Gasteiger partial charge in [0.1, 0.15) is 22.8 Å². The van der Waals surface area contributed by atoms with E-state index in [1.165, 1.54) is 0 Å². The molecular weight excluding hydrogens is 342 g/mol. The van der Waals surface area contributed by atoms with Crippen LogP contribution in [-0.4, -0.2) is 24.7 Å². The van der Waals surface area contributed by atoms with Gasteiger partial charge in [-0.2, -0.15) is 0 Å². The van der Waals surface area contributed by atoms with Gasteiger partial charge in [0.05, 0.1) is 13.2 Å². The first-order chi connectivity index (χ1) is 12.9. The molecule has 0 spiro atoms. The van der Waals surface area contributed by atoms with Gasteiger partial charge in [-0.25, -0.2) is 0 Å². The fraction of sp³-hybridized carbons (Fsp3) is 0.409. The number of benzene rings is 2. The average Bonchev–Trinajstić information content (AvgIpc) is 2.65. The van der Waals surface area contributed by atoms with Crippen molar-refractivity contribution in [2.45, 2.75) is 51.4 Å². The van der Waals surface area contributed by atoms with Crippen molar-refractivity contribution in [2.24, 2.45) is 0 Å². The van der Waals surface area contributed by atoms with E-state index in [9.17, 15) is 4.79 Å². The number of fused-ring (bicyclic) bond motifs is 1. The lowest BCUT2D eigenvalue weighted by Crippen LogP contribution is -2.45. The molecule has 0 fully saturated rings. The second kappa shape index (κ2) is 7.91. The topological polar surface area (TPSA) is 56.8 Å². The van der Waals surface area contributed by atoms with Gasteiger partial charge < -0.3 is 19.5 Å². The first-order valence-corrected chi connectivity index (χ1v) is 9.31. The van der Waals surface area contributed by atoms with E-state index in [1.54, 1.807) is 7.11 Å². The second-order valence-electron chi connectivity index (χ2n) is 7.36. The Bertz CT molecular complexity index is 785. The lowest BCUT2D eigenvalue weighted by molar-refractivity contribution is -0.129. The number of hydrogen-bond donors (Lipinski definition) is 1. The summed E-state index contributed by atoms with van der Waals surface area (Å²) in [4.78, 5) is 12.9. The third-order valence-corrected chi connectivity index (χ3v) is 4.69. The molecule has 2 aromatic rings. The molecule has 2 aromatic carbocycles. The van der Waals surface area contributed by atoms with E-state index in [2.05, 4.69) is 5.32 Å². The summed E-state index contributed by atoms with van der Waals surface area (Å²) in [6.45, 7) is 6.01. The van der Waals surface area contributed by atoms with E-state index in [-0.39, 0.29) is 17.6 Å². The highest BCUT2D eigenvalue weighted by atomic mass is 16.5. The van der Waals surface area contributed by atoms with E-state index in [4.69, 9.17) is 14.2 Å². The zero-order valence-corrected chi connectivity index (χ0v) is 16.3. The van der Waals surface area contributed by atoms with Crippen LogP contribution < -0.4 is 19.5 Å². The maximum atomic E-state index is 12.9. The fourth-order valence-corrected chi connectivity index (χ4v) is 3.34. The quantitative estimate of drug-likeness (QED) is 0.826. The molecule has 5 heteroatoms. The van der Waals surface area contributed by atoms with E-state index >= 15 is 0 Å². The van der Waals surface area contributed by atoms with Gasteiger partial charge >= 0.3 is 0 Å². The minimum absolute atomic E-state index is 0.106. The minimum Gasteiger partial charge on any atom is -0.497 e. The standard InChI is InChI=1S/C22H27NO4/c1-5-19(26-16-12-10-15(25-4)11-13-16)21(24)23-18-14-22(2,3)27-20-9-7-6-8-17(18)20/h6-13,18-19H,5,14H2,1-4H3,(H,23,24)/t18-,19-/m0/s1. The highest BCUT2D eigenvalue weighted by Crippen LogP contribution is 2.39. The summed E-state index contributed by atoms with van der Waals surface area (Å²) in [6, 6.07) is 15.0. The molecule has 2 atom stereocenters. The predicted molar refractivity (Wildman–Crippen MR) is 104 cm³/mol. The monoisotopic (exact) mass is 369 g/mol. The van der Waals surface area contributed by atoms with Gasteiger partial charge in [-0.3, -0.25) is 4.79 Å². The molecule has 0 bridgehead atoms. The van der Waals surface area contributed by atoms with Crippen LogP contribution in [0.5, 0.6) is 17.2 Å².